The second-order valence-corrected chi connectivity index (χ2v) is 9.21. The number of hydrogen-bond donors (Lipinski definition) is 0. The van der Waals surface area contributed by atoms with E-state index in [0.29, 0.717) is 22.0 Å². The van der Waals surface area contributed by atoms with Crippen LogP contribution in [-0.2, 0) is 10.0 Å². The van der Waals surface area contributed by atoms with Crippen LogP contribution in [0.15, 0.2) is 90.0 Å². The van der Waals surface area contributed by atoms with Gasteiger partial charge in [-0.1, -0.05) is 66.2 Å². The summed E-state index contributed by atoms with van der Waals surface area (Å²) in [7, 11) is -3.86. The molecule has 5 nitrogen and oxygen atoms in total. The Hall–Kier alpha value is -3.69. The molecule has 0 saturated carbocycles. The quantitative estimate of drug-likeness (QED) is 0.402. The summed E-state index contributed by atoms with van der Waals surface area (Å²) < 4.78 is 27.9. The van der Waals surface area contributed by atoms with Crippen LogP contribution in [-0.4, -0.2) is 18.2 Å². The molecule has 0 N–H and O–H groups in total. The maximum absolute atomic E-state index is 13.3. The van der Waals surface area contributed by atoms with E-state index < -0.39 is 15.9 Å². The lowest BCUT2D eigenvalue weighted by atomic mass is 9.92. The van der Waals surface area contributed by atoms with Gasteiger partial charge in [0.1, 0.15) is 0 Å². The lowest BCUT2D eigenvalue weighted by Gasteiger charge is -2.08. The van der Waals surface area contributed by atoms with Crippen molar-refractivity contribution in [1.82, 2.24) is 3.97 Å². The number of hydrogen-bond acceptors (Lipinski definition) is 4. The molecule has 3 aromatic carbocycles. The number of carbonyl (C=O) groups is 1. The van der Waals surface area contributed by atoms with Crippen LogP contribution in [0.4, 0.5) is 0 Å². The molecule has 0 spiro atoms. The molecule has 0 fully saturated rings. The van der Waals surface area contributed by atoms with Gasteiger partial charge in [0.2, 0.25) is 0 Å². The number of aromatic nitrogens is 1. The van der Waals surface area contributed by atoms with Gasteiger partial charge in [-0.25, -0.2) is 12.4 Å². The van der Waals surface area contributed by atoms with Crippen molar-refractivity contribution in [3.05, 3.63) is 102 Å². The number of para-hydroxylation sites is 1. The normalized spacial score (nSPS) is 12.4. The lowest BCUT2D eigenvalue weighted by molar-refractivity contribution is 0.0979. The van der Waals surface area contributed by atoms with Gasteiger partial charge in [-0.05, 0) is 30.7 Å². The maximum Gasteiger partial charge on any atom is 0.268 e. The van der Waals surface area contributed by atoms with Crippen LogP contribution in [0.5, 0.6) is 0 Å². The Morgan fingerprint density at radius 3 is 2.29 bits per heavy atom. The monoisotopic (exact) mass is 428 g/mol. The summed E-state index contributed by atoms with van der Waals surface area (Å²) in [5.41, 5.74) is 2.49. The van der Waals surface area contributed by atoms with Crippen LogP contribution >= 0.6 is 0 Å². The van der Waals surface area contributed by atoms with E-state index in [2.05, 4.69) is 6.07 Å². The minimum Gasteiger partial charge on any atom is -0.294 e. The van der Waals surface area contributed by atoms with Crippen molar-refractivity contribution in [2.75, 3.05) is 0 Å². The fourth-order valence-corrected chi connectivity index (χ4v) is 5.01. The van der Waals surface area contributed by atoms with Crippen LogP contribution in [0, 0.1) is 18.3 Å². The zero-order valence-electron chi connectivity index (χ0n) is 16.9. The molecule has 1 aromatic heterocycles. The third kappa shape index (κ3) is 3.88. The van der Waals surface area contributed by atoms with Crippen molar-refractivity contribution in [2.24, 2.45) is 0 Å². The fourth-order valence-electron chi connectivity index (χ4n) is 3.63. The summed E-state index contributed by atoms with van der Waals surface area (Å²) in [5.74, 6) is -0.933. The Morgan fingerprint density at radius 1 is 0.968 bits per heavy atom. The highest BCUT2D eigenvalue weighted by atomic mass is 32.2. The van der Waals surface area contributed by atoms with Crippen molar-refractivity contribution in [3.63, 3.8) is 0 Å². The Labute approximate surface area is 181 Å². The fraction of sp³-hybridized carbons (Fsp3) is 0.120. The van der Waals surface area contributed by atoms with Gasteiger partial charge in [-0.15, -0.1) is 0 Å². The number of fused-ring (bicyclic) bond motifs is 1. The van der Waals surface area contributed by atoms with E-state index in [4.69, 9.17) is 0 Å². The van der Waals surface area contributed by atoms with Crippen LogP contribution in [0.3, 0.4) is 0 Å². The van der Waals surface area contributed by atoms with Crippen LogP contribution in [0.25, 0.3) is 10.9 Å². The number of Topliss-reactive ketones (excluding diaryl/α,β-unsaturated/α-hetero) is 1. The van der Waals surface area contributed by atoms with Crippen molar-refractivity contribution >= 4 is 26.7 Å². The van der Waals surface area contributed by atoms with Gasteiger partial charge >= 0.3 is 0 Å². The molecular formula is C25H20N2O3S. The topological polar surface area (TPSA) is 79.9 Å². The molecule has 1 atom stereocenters. The van der Waals surface area contributed by atoms with Crippen LogP contribution in [0.1, 0.15) is 33.8 Å². The third-order valence-electron chi connectivity index (χ3n) is 5.30. The highest BCUT2D eigenvalue weighted by molar-refractivity contribution is 7.90. The predicted molar refractivity (Wildman–Crippen MR) is 119 cm³/mol. The summed E-state index contributed by atoms with van der Waals surface area (Å²) in [6.45, 7) is 1.89. The molecule has 154 valence electrons. The molecule has 0 saturated heterocycles. The minimum atomic E-state index is -3.86. The molecule has 0 aliphatic carbocycles. The molecule has 4 aromatic rings. The smallest absolute Gasteiger partial charge is 0.268 e. The van der Waals surface area contributed by atoms with Gasteiger partial charge in [0, 0.05) is 23.6 Å². The summed E-state index contributed by atoms with van der Waals surface area (Å²) in [4.78, 5) is 12.9. The van der Waals surface area contributed by atoms with Crippen molar-refractivity contribution in [2.45, 2.75) is 24.2 Å². The van der Waals surface area contributed by atoms with E-state index >= 15 is 0 Å². The molecule has 0 radical (unpaired) electrons. The molecule has 0 bridgehead atoms. The van der Waals surface area contributed by atoms with Gasteiger partial charge in [0.25, 0.3) is 10.0 Å². The highest BCUT2D eigenvalue weighted by Crippen LogP contribution is 2.32. The first-order valence-corrected chi connectivity index (χ1v) is 11.3. The average Bonchev–Trinajstić information content (AvgIpc) is 3.18. The number of aryl methyl sites for hydroxylation is 1. The maximum atomic E-state index is 13.3. The van der Waals surface area contributed by atoms with E-state index in [-0.39, 0.29) is 17.1 Å². The molecule has 4 rings (SSSR count). The second-order valence-electron chi connectivity index (χ2n) is 7.39. The first-order valence-electron chi connectivity index (χ1n) is 9.82. The summed E-state index contributed by atoms with van der Waals surface area (Å²) in [5, 5.41) is 10.5. The summed E-state index contributed by atoms with van der Waals surface area (Å²) >= 11 is 0. The predicted octanol–water partition coefficient (Wildman–Crippen LogP) is 5.07. The lowest BCUT2D eigenvalue weighted by Crippen LogP contribution is -2.12. The first kappa shape index (κ1) is 20.6. The van der Waals surface area contributed by atoms with Gasteiger partial charge in [0.15, 0.2) is 5.78 Å². The van der Waals surface area contributed by atoms with Gasteiger partial charge < -0.3 is 0 Å². The van der Waals surface area contributed by atoms with Gasteiger partial charge in [-0.2, -0.15) is 5.26 Å². The summed E-state index contributed by atoms with van der Waals surface area (Å²) in [6.07, 6.45) is 1.45. The number of carbonyl (C=O) groups excluding carboxylic acids is 1. The van der Waals surface area contributed by atoms with E-state index in [0.717, 1.165) is 5.56 Å². The van der Waals surface area contributed by atoms with Crippen LogP contribution < -0.4 is 0 Å². The van der Waals surface area contributed by atoms with Gasteiger partial charge in [0.05, 0.1) is 22.4 Å². The molecule has 0 aliphatic heterocycles. The molecule has 31 heavy (non-hydrogen) atoms. The molecule has 6 heteroatoms. The van der Waals surface area contributed by atoms with E-state index in [9.17, 15) is 18.5 Å². The first-order chi connectivity index (χ1) is 14.9. The van der Waals surface area contributed by atoms with Crippen LogP contribution in [0.2, 0.25) is 0 Å². The molecule has 0 aliphatic rings. The highest BCUT2D eigenvalue weighted by Gasteiger charge is 2.26. The van der Waals surface area contributed by atoms with Crippen molar-refractivity contribution in [3.8, 4) is 6.07 Å². The van der Waals surface area contributed by atoms with E-state index in [1.165, 1.54) is 10.2 Å². The standard InChI is InChI=1S/C25H20N2O3S/c1-18-11-13-21(14-12-18)31(29,30)27-17-23(22-9-5-6-10-24(22)27)20(16-26)15-25(28)19-7-3-2-4-8-19/h2-14,17,20H,15H2,1H3/t20-/m1/s1. The molecule has 1 heterocycles. The number of benzene rings is 3. The average molecular weight is 429 g/mol. The number of rotatable bonds is 6. The van der Waals surface area contributed by atoms with Gasteiger partial charge in [-0.3, -0.25) is 4.79 Å². The molecule has 0 unspecified atom stereocenters. The number of nitriles is 1. The second kappa shape index (κ2) is 8.21. The number of nitrogens with zero attached hydrogens (tertiary/aromatic N) is 2. The molecule has 0 amide bonds. The SMILES string of the molecule is Cc1ccc(S(=O)(=O)n2cc([C@@H](C#N)CC(=O)c3ccccc3)c3ccccc32)cc1. The zero-order valence-corrected chi connectivity index (χ0v) is 17.7. The Bertz CT molecular complexity index is 1400. The minimum absolute atomic E-state index is 0.0287. The van der Waals surface area contributed by atoms with E-state index in [1.54, 1.807) is 72.8 Å². The third-order valence-corrected chi connectivity index (χ3v) is 6.99. The Kier molecular flexibility index (Phi) is 5.45. The zero-order chi connectivity index (χ0) is 22.0. The largest absolute Gasteiger partial charge is 0.294 e. The summed E-state index contributed by atoms with van der Waals surface area (Å²) in [6, 6.07) is 24.6. The Morgan fingerprint density at radius 2 is 1.61 bits per heavy atom. The molecular weight excluding hydrogens is 408 g/mol. The van der Waals surface area contributed by atoms with E-state index in [1.807, 2.05) is 13.0 Å². The Balaban J connectivity index is 1.80. The van der Waals surface area contributed by atoms with Crippen molar-refractivity contribution in [1.29, 1.82) is 5.26 Å². The number of ketones is 1. The van der Waals surface area contributed by atoms with Crippen molar-refractivity contribution < 1.29 is 13.2 Å².